The van der Waals surface area contributed by atoms with E-state index in [4.69, 9.17) is 5.73 Å². The smallest absolute Gasteiger partial charge is 0.401 e. The Hall–Kier alpha value is -3.81. The minimum absolute atomic E-state index is 0.182. The van der Waals surface area contributed by atoms with Gasteiger partial charge in [0.15, 0.2) is 17.1 Å². The molecule has 0 heterocycles. The number of nitrogens with zero attached hydrogens (tertiary/aromatic N) is 1. The Kier molecular flexibility index (Phi) is 5.70. The van der Waals surface area contributed by atoms with Gasteiger partial charge in [-0.3, -0.25) is 24.6 Å². The number of halogens is 1. The molecule has 3 aliphatic carbocycles. The second-order valence-electron chi connectivity index (χ2n) is 9.38. The van der Waals surface area contributed by atoms with Crippen molar-refractivity contribution in [3.8, 4) is 5.75 Å². The molecule has 6 atom stereocenters. The summed E-state index contributed by atoms with van der Waals surface area (Å²) < 4.78 is 12.9. The van der Waals surface area contributed by atoms with Crippen LogP contribution < -0.4 is 11.1 Å². The van der Waals surface area contributed by atoms with Gasteiger partial charge in [-0.15, -0.1) is 4.39 Å². The van der Waals surface area contributed by atoms with Gasteiger partial charge in [0.05, 0.1) is 29.3 Å². The average molecular weight is 505 g/mol. The summed E-state index contributed by atoms with van der Waals surface area (Å²) in [7, 11) is 2.87. The molecule has 0 saturated carbocycles. The lowest BCUT2D eigenvalue weighted by Crippen LogP contribution is -2.68. The van der Waals surface area contributed by atoms with Crippen LogP contribution in [-0.2, 0) is 9.59 Å². The van der Waals surface area contributed by atoms with Gasteiger partial charge in [-0.1, -0.05) is 13.0 Å². The third kappa shape index (κ3) is 3.09. The van der Waals surface area contributed by atoms with Crippen LogP contribution in [0.15, 0.2) is 34.8 Å². The predicted octanol–water partition coefficient (Wildman–Crippen LogP) is 0.154. The van der Waals surface area contributed by atoms with Crippen molar-refractivity contribution in [2.45, 2.75) is 30.6 Å². The quantitative estimate of drug-likeness (QED) is 0.128. The van der Waals surface area contributed by atoms with E-state index in [1.54, 1.807) is 12.2 Å². The molecule has 8 N–H and O–H groups in total. The van der Waals surface area contributed by atoms with Crippen LogP contribution in [0.5, 0.6) is 5.75 Å². The SMILES string of the molecule is CC1c2ccc(NC(=O)F)c(O)c2C(=O)C2=C(O)C3(O)C(=O)C(C(N)=O)=C(O)C(N(C)C)C3C(O)C21. The van der Waals surface area contributed by atoms with Gasteiger partial charge in [0.25, 0.3) is 5.91 Å². The maximum Gasteiger partial charge on any atom is 0.401 e. The van der Waals surface area contributed by atoms with Crippen molar-refractivity contribution in [2.75, 3.05) is 19.4 Å². The number of aliphatic hydroxyl groups is 4. The number of aromatic hydroxyl groups is 1. The van der Waals surface area contributed by atoms with Crippen molar-refractivity contribution < 1.29 is 49.1 Å². The molecule has 2 amide bonds. The van der Waals surface area contributed by atoms with E-state index < -0.39 is 98.8 Å². The van der Waals surface area contributed by atoms with E-state index in [1.165, 1.54) is 25.1 Å². The number of nitrogens with two attached hydrogens (primary N) is 1. The summed E-state index contributed by atoms with van der Waals surface area (Å²) in [6.45, 7) is 1.55. The number of amides is 2. The molecule has 192 valence electrons. The molecule has 0 fully saturated rings. The highest BCUT2D eigenvalue weighted by Gasteiger charge is 2.67. The maximum absolute atomic E-state index is 13.5. The Bertz CT molecular complexity index is 1300. The van der Waals surface area contributed by atoms with Crippen molar-refractivity contribution in [1.82, 2.24) is 4.90 Å². The van der Waals surface area contributed by atoms with Crippen molar-refractivity contribution in [3.63, 3.8) is 0 Å². The minimum Gasteiger partial charge on any atom is -0.510 e. The largest absolute Gasteiger partial charge is 0.510 e. The average Bonchev–Trinajstić information content (AvgIpc) is 2.77. The third-order valence-corrected chi connectivity index (χ3v) is 7.36. The fourth-order valence-corrected chi connectivity index (χ4v) is 5.83. The van der Waals surface area contributed by atoms with E-state index in [0.29, 0.717) is 0 Å². The van der Waals surface area contributed by atoms with Crippen molar-refractivity contribution in [1.29, 1.82) is 0 Å². The predicted molar refractivity (Wildman–Crippen MR) is 120 cm³/mol. The van der Waals surface area contributed by atoms with Gasteiger partial charge >= 0.3 is 6.16 Å². The summed E-state index contributed by atoms with van der Waals surface area (Å²) in [5.41, 5.74) is -0.102. The lowest BCUT2D eigenvalue weighted by Gasteiger charge is -2.53. The fourth-order valence-electron chi connectivity index (χ4n) is 5.83. The standard InChI is InChI=1S/C23H24FN3O9/c1-6-7-4-5-8(26-22(24)35)15(28)10(7)16(29)11-9(6)17(30)13-14(27(2)3)18(31)12(21(25)34)20(33)23(13,36)19(11)32/h4-6,9,13-14,17,28,30-32,36H,1-3H3,(H2,25,34)(H,26,35). The Morgan fingerprint density at radius 1 is 1.17 bits per heavy atom. The number of anilines is 1. The van der Waals surface area contributed by atoms with Crippen LogP contribution in [0.4, 0.5) is 14.9 Å². The summed E-state index contributed by atoms with van der Waals surface area (Å²) in [6.07, 6.45) is -3.74. The van der Waals surface area contributed by atoms with Gasteiger partial charge in [0.1, 0.15) is 17.1 Å². The lowest BCUT2D eigenvalue weighted by atomic mass is 9.55. The molecule has 0 aromatic heterocycles. The molecule has 3 aliphatic rings. The molecule has 0 bridgehead atoms. The van der Waals surface area contributed by atoms with Crippen molar-refractivity contribution in [2.24, 2.45) is 17.6 Å². The summed E-state index contributed by atoms with van der Waals surface area (Å²) in [4.78, 5) is 51.0. The van der Waals surface area contributed by atoms with Gasteiger partial charge in [-0.05, 0) is 31.6 Å². The summed E-state index contributed by atoms with van der Waals surface area (Å²) in [5.74, 6) is -10.5. The molecule has 0 aliphatic heterocycles. The number of ketones is 2. The summed E-state index contributed by atoms with van der Waals surface area (Å²) in [5, 5.41) is 57.4. The van der Waals surface area contributed by atoms with Crippen LogP contribution >= 0.6 is 0 Å². The van der Waals surface area contributed by atoms with Crippen LogP contribution in [0.3, 0.4) is 0 Å². The lowest BCUT2D eigenvalue weighted by molar-refractivity contribution is -0.162. The van der Waals surface area contributed by atoms with E-state index >= 15 is 0 Å². The van der Waals surface area contributed by atoms with E-state index in [9.17, 15) is 49.1 Å². The number of hydrogen-bond acceptors (Lipinski definition) is 10. The Labute approximate surface area is 203 Å². The van der Waals surface area contributed by atoms with E-state index in [2.05, 4.69) is 0 Å². The first-order valence-corrected chi connectivity index (χ1v) is 10.8. The number of hydrogen-bond donors (Lipinski definition) is 7. The third-order valence-electron chi connectivity index (χ3n) is 7.36. The number of likely N-dealkylation sites (N-methyl/N-ethyl adjacent to an activating group) is 1. The number of aliphatic hydroxyl groups excluding tert-OH is 3. The molecular weight excluding hydrogens is 481 g/mol. The van der Waals surface area contributed by atoms with Crippen molar-refractivity contribution in [3.05, 3.63) is 45.9 Å². The molecule has 1 aromatic rings. The number of fused-ring (bicyclic) bond motifs is 3. The highest BCUT2D eigenvalue weighted by atomic mass is 19.1. The highest BCUT2D eigenvalue weighted by molar-refractivity contribution is 6.25. The number of nitrogens with one attached hydrogen (secondary N) is 1. The highest BCUT2D eigenvalue weighted by Crippen LogP contribution is 2.55. The fraction of sp³-hybridized carbons (Fsp3) is 0.391. The van der Waals surface area contributed by atoms with Gasteiger partial charge in [0.2, 0.25) is 5.78 Å². The van der Waals surface area contributed by atoms with Crippen LogP contribution in [0.2, 0.25) is 0 Å². The van der Waals surface area contributed by atoms with Crippen molar-refractivity contribution >= 4 is 29.3 Å². The number of primary amides is 1. The van der Waals surface area contributed by atoms with Crippen LogP contribution in [-0.4, -0.2) is 85.9 Å². The molecule has 0 spiro atoms. The van der Waals surface area contributed by atoms with Crippen LogP contribution in [0.1, 0.15) is 28.8 Å². The molecule has 0 radical (unpaired) electrons. The second-order valence-corrected chi connectivity index (χ2v) is 9.38. The molecule has 13 heteroatoms. The zero-order valence-corrected chi connectivity index (χ0v) is 19.3. The molecule has 0 saturated heterocycles. The first kappa shape index (κ1) is 25.3. The number of carbonyl (C=O) groups is 4. The van der Waals surface area contributed by atoms with Gasteiger partial charge in [-0.2, -0.15) is 0 Å². The summed E-state index contributed by atoms with van der Waals surface area (Å²) >= 11 is 0. The molecular formula is C23H24FN3O9. The summed E-state index contributed by atoms with van der Waals surface area (Å²) in [6, 6.07) is 1.10. The Balaban J connectivity index is 2.02. The zero-order valence-electron chi connectivity index (χ0n) is 19.3. The van der Waals surface area contributed by atoms with E-state index in [-0.39, 0.29) is 5.56 Å². The number of benzene rings is 1. The van der Waals surface area contributed by atoms with Gasteiger partial charge in [0, 0.05) is 11.5 Å². The molecule has 36 heavy (non-hydrogen) atoms. The number of rotatable bonds is 3. The number of phenolic OH excluding ortho intramolecular Hbond substituents is 1. The van der Waals surface area contributed by atoms with Crippen LogP contribution in [0, 0.1) is 11.8 Å². The van der Waals surface area contributed by atoms with E-state index in [0.717, 1.165) is 6.07 Å². The maximum atomic E-state index is 13.5. The second kappa shape index (κ2) is 8.11. The molecule has 1 aromatic carbocycles. The molecule has 4 rings (SSSR count). The first-order chi connectivity index (χ1) is 16.7. The zero-order chi connectivity index (χ0) is 27.0. The Morgan fingerprint density at radius 2 is 1.78 bits per heavy atom. The monoisotopic (exact) mass is 505 g/mol. The number of phenols is 1. The Morgan fingerprint density at radius 3 is 2.31 bits per heavy atom. The van der Waals surface area contributed by atoms with Gasteiger partial charge < -0.3 is 31.3 Å². The molecule has 12 nitrogen and oxygen atoms in total. The van der Waals surface area contributed by atoms with E-state index in [1.807, 2.05) is 0 Å². The van der Waals surface area contributed by atoms with Crippen LogP contribution in [0.25, 0.3) is 0 Å². The topological polar surface area (TPSA) is 211 Å². The normalized spacial score (nSPS) is 31.7. The molecule has 6 unspecified atom stereocenters. The minimum atomic E-state index is -3.04. The van der Waals surface area contributed by atoms with Gasteiger partial charge in [-0.25, -0.2) is 4.79 Å². The first-order valence-electron chi connectivity index (χ1n) is 10.8. The number of carbonyl (C=O) groups excluding carboxylic acids is 4. The number of Topliss-reactive ketones (excluding diaryl/α,β-unsaturated/α-hetero) is 2.